The minimum Gasteiger partial charge on any atom is -0.394 e. The van der Waals surface area contributed by atoms with E-state index < -0.39 is 86.8 Å². The van der Waals surface area contributed by atoms with Gasteiger partial charge in [0.2, 0.25) is 5.91 Å². The molecule has 0 aromatic carbocycles. The third-order valence-electron chi connectivity index (χ3n) is 16.9. The number of unbranched alkanes of at least 4 members (excludes halogenated alkanes) is 27. The first kappa shape index (κ1) is 83.5. The van der Waals surface area contributed by atoms with Crippen LogP contribution in [0.5, 0.6) is 0 Å². The van der Waals surface area contributed by atoms with E-state index in [1.807, 2.05) is 6.08 Å². The second-order valence-corrected chi connectivity index (χ2v) is 25.0. The predicted molar refractivity (Wildman–Crippen MR) is 373 cm³/mol. The van der Waals surface area contributed by atoms with E-state index in [4.69, 9.17) is 18.9 Å². The van der Waals surface area contributed by atoms with Gasteiger partial charge in [0.15, 0.2) is 12.6 Å². The van der Waals surface area contributed by atoms with Crippen molar-refractivity contribution in [1.82, 2.24) is 5.32 Å². The second kappa shape index (κ2) is 60.1. The van der Waals surface area contributed by atoms with Crippen LogP contribution in [-0.4, -0.2) is 140 Å². The third kappa shape index (κ3) is 43.9. The predicted octanol–water partition coefficient (Wildman–Crippen LogP) is 15.3. The lowest BCUT2D eigenvalue weighted by molar-refractivity contribution is -0.359. The fraction of sp³-hybridized carbons (Fsp3) is 0.727. The number of carbonyl (C=O) groups is 1. The van der Waals surface area contributed by atoms with Crippen molar-refractivity contribution >= 4 is 5.91 Å². The van der Waals surface area contributed by atoms with Crippen LogP contribution in [0.4, 0.5) is 0 Å². The maximum atomic E-state index is 13.3. The summed E-state index contributed by atoms with van der Waals surface area (Å²) in [5.41, 5.74) is 0. The minimum absolute atomic E-state index is 0.255. The van der Waals surface area contributed by atoms with Crippen LogP contribution in [0.25, 0.3) is 0 Å². The molecule has 0 aliphatic carbocycles. The van der Waals surface area contributed by atoms with E-state index in [-0.39, 0.29) is 18.9 Å². The molecule has 0 aromatic rings. The summed E-state index contributed by atoms with van der Waals surface area (Å²) in [4.78, 5) is 13.3. The van der Waals surface area contributed by atoms with Gasteiger partial charge in [-0.1, -0.05) is 277 Å². The Morgan fingerprint density at radius 1 is 0.407 bits per heavy atom. The van der Waals surface area contributed by atoms with Crippen LogP contribution in [0, 0.1) is 0 Å². The SMILES string of the molecule is CC/C=C\C/C=C\C/C=C\C/C=C\C/C=C\C/C=C\C/C=C\CCCCCCCCCCCC(=O)NC(COC1OC(CO)C(OC2OC(CO)C(O)C(O)C2O)C(O)C1O)C(O)/C=C/CC/C=C/CC/C=C/CCCCCCCCCCCCCCCCCC. The molecule has 0 spiro atoms. The summed E-state index contributed by atoms with van der Waals surface area (Å²) >= 11 is 0. The molecule has 14 heteroatoms. The second-order valence-electron chi connectivity index (χ2n) is 25.0. The highest BCUT2D eigenvalue weighted by Crippen LogP contribution is 2.30. The average Bonchev–Trinajstić information content (AvgIpc) is 1.25. The van der Waals surface area contributed by atoms with E-state index in [2.05, 4.69) is 129 Å². The van der Waals surface area contributed by atoms with Crippen LogP contribution in [0.2, 0.25) is 0 Å². The van der Waals surface area contributed by atoms with Gasteiger partial charge in [0.05, 0.1) is 32.0 Å². The largest absolute Gasteiger partial charge is 0.394 e. The van der Waals surface area contributed by atoms with E-state index in [9.17, 15) is 45.6 Å². The number of nitrogens with one attached hydrogen (secondary N) is 1. The molecule has 2 fully saturated rings. The minimum atomic E-state index is -1.80. The maximum Gasteiger partial charge on any atom is 0.220 e. The summed E-state index contributed by atoms with van der Waals surface area (Å²) in [6, 6.07) is -0.952. The van der Waals surface area contributed by atoms with E-state index in [0.29, 0.717) is 12.8 Å². The summed E-state index contributed by atoms with van der Waals surface area (Å²) in [5.74, 6) is -0.263. The van der Waals surface area contributed by atoms with Crippen molar-refractivity contribution < 1.29 is 64.6 Å². The quantitative estimate of drug-likeness (QED) is 0.0204. The zero-order chi connectivity index (χ0) is 65.9. The lowest BCUT2D eigenvalue weighted by Gasteiger charge is -2.46. The van der Waals surface area contributed by atoms with Crippen molar-refractivity contribution in [3.63, 3.8) is 0 Å². The number of amides is 1. The molecule has 2 rings (SSSR count). The number of hydrogen-bond donors (Lipinski definition) is 9. The zero-order valence-electron chi connectivity index (χ0n) is 56.8. The lowest BCUT2D eigenvalue weighted by Crippen LogP contribution is -2.65. The molecule has 0 bridgehead atoms. The number of aliphatic hydroxyl groups excluding tert-OH is 8. The molecule has 12 atom stereocenters. The highest BCUT2D eigenvalue weighted by atomic mass is 16.7. The zero-order valence-corrected chi connectivity index (χ0v) is 56.8. The molecule has 91 heavy (non-hydrogen) atoms. The number of carbonyl (C=O) groups excluding carboxylic acids is 1. The molecule has 0 radical (unpaired) electrons. The fourth-order valence-electron chi connectivity index (χ4n) is 11.1. The van der Waals surface area contributed by atoms with Gasteiger partial charge in [-0.2, -0.15) is 0 Å². The van der Waals surface area contributed by atoms with Gasteiger partial charge in [0.25, 0.3) is 0 Å². The summed E-state index contributed by atoms with van der Waals surface area (Å²) < 4.78 is 22.8. The Bertz CT molecular complexity index is 1990. The molecule has 1 amide bonds. The van der Waals surface area contributed by atoms with Crippen molar-refractivity contribution in [2.75, 3.05) is 19.8 Å². The highest BCUT2D eigenvalue weighted by molar-refractivity contribution is 5.76. The Balaban J connectivity index is 1.71. The maximum absolute atomic E-state index is 13.3. The molecule has 2 aliphatic rings. The van der Waals surface area contributed by atoms with Gasteiger partial charge in [-0.05, 0) is 103 Å². The van der Waals surface area contributed by atoms with Gasteiger partial charge < -0.3 is 65.1 Å². The van der Waals surface area contributed by atoms with Crippen molar-refractivity contribution in [2.45, 2.75) is 338 Å². The standard InChI is InChI=1S/C77H131NO13/c1-3-5-7-9-11-13-15-17-19-21-23-25-27-29-31-32-33-34-35-37-39-41-43-45-47-49-51-53-55-57-59-61-69(82)78-65(64-88-76-74(87)72(85)75(68(63-80)90-76)91-77-73(86)71(84)70(83)67(62-79)89-77)66(81)60-58-56-54-52-50-48-46-44-42-40-38-36-30-28-26-24-22-20-18-16-14-12-10-8-6-4-2/h5,7,11,13,17,19,23,25,29,31,33-34,37,39,42,44,50,52,58,60,65-68,70-77,79-81,83-87H,3-4,6,8-10,12,14-16,18,20-22,24,26-28,30,32,35-36,38,40-41,43,45-49,51,53-57,59,61-64H2,1-2H3,(H,78,82)/b7-5-,13-11-,19-17-,25-23-,31-29-,34-33-,39-37-,44-42+,52-50+,60-58+. The summed E-state index contributed by atoms with van der Waals surface area (Å²) in [6.07, 6.45) is 71.1. The Labute approximate surface area is 552 Å². The smallest absolute Gasteiger partial charge is 0.220 e. The number of hydrogen-bond acceptors (Lipinski definition) is 13. The van der Waals surface area contributed by atoms with E-state index in [1.54, 1.807) is 6.08 Å². The highest BCUT2D eigenvalue weighted by Gasteiger charge is 2.51. The van der Waals surface area contributed by atoms with Gasteiger partial charge in [0.1, 0.15) is 48.8 Å². The molecule has 12 unspecified atom stereocenters. The number of allylic oxidation sites excluding steroid dienone is 19. The topological polar surface area (TPSA) is 228 Å². The molecule has 0 saturated carbocycles. The first-order valence-electron chi connectivity index (χ1n) is 36.3. The van der Waals surface area contributed by atoms with Gasteiger partial charge >= 0.3 is 0 Å². The van der Waals surface area contributed by atoms with Crippen molar-refractivity contribution in [1.29, 1.82) is 0 Å². The fourth-order valence-corrected chi connectivity index (χ4v) is 11.1. The Morgan fingerprint density at radius 2 is 0.769 bits per heavy atom. The third-order valence-corrected chi connectivity index (χ3v) is 16.9. The Kier molecular flexibility index (Phi) is 55.1. The first-order chi connectivity index (χ1) is 44.6. The van der Waals surface area contributed by atoms with Crippen LogP contribution < -0.4 is 5.32 Å². The molecule has 2 aliphatic heterocycles. The summed E-state index contributed by atoms with van der Waals surface area (Å²) in [7, 11) is 0. The van der Waals surface area contributed by atoms with E-state index in [0.717, 1.165) is 103 Å². The number of aliphatic hydroxyl groups is 8. The Hall–Kier alpha value is -3.61. The summed E-state index contributed by atoms with van der Waals surface area (Å²) in [5, 5.41) is 87.5. The molecule has 2 heterocycles. The molecule has 9 N–H and O–H groups in total. The van der Waals surface area contributed by atoms with Crippen LogP contribution in [0.1, 0.15) is 264 Å². The van der Waals surface area contributed by atoms with Crippen molar-refractivity contribution in [2.24, 2.45) is 0 Å². The average molecular weight is 1280 g/mol. The molecule has 2 saturated heterocycles. The number of rotatable bonds is 58. The molecule has 0 aromatic heterocycles. The van der Waals surface area contributed by atoms with Crippen LogP contribution in [0.15, 0.2) is 122 Å². The van der Waals surface area contributed by atoms with Gasteiger partial charge in [-0.15, -0.1) is 0 Å². The molecule has 522 valence electrons. The monoisotopic (exact) mass is 1280 g/mol. The van der Waals surface area contributed by atoms with E-state index in [1.165, 1.54) is 128 Å². The lowest BCUT2D eigenvalue weighted by atomic mass is 9.97. The summed E-state index contributed by atoms with van der Waals surface area (Å²) in [6.45, 7) is 2.67. The number of ether oxygens (including phenoxy) is 4. The van der Waals surface area contributed by atoms with Gasteiger partial charge in [-0.25, -0.2) is 0 Å². The van der Waals surface area contributed by atoms with Crippen LogP contribution in [0.3, 0.4) is 0 Å². The normalized spacial score (nSPS) is 23.5. The van der Waals surface area contributed by atoms with Gasteiger partial charge in [0, 0.05) is 6.42 Å². The molecular formula is C77H131NO13. The van der Waals surface area contributed by atoms with Crippen LogP contribution >= 0.6 is 0 Å². The van der Waals surface area contributed by atoms with E-state index >= 15 is 0 Å². The van der Waals surface area contributed by atoms with Crippen molar-refractivity contribution in [3.8, 4) is 0 Å². The molecular weight excluding hydrogens is 1150 g/mol. The van der Waals surface area contributed by atoms with Crippen molar-refractivity contribution in [3.05, 3.63) is 122 Å². The first-order valence-corrected chi connectivity index (χ1v) is 36.3. The molecule has 14 nitrogen and oxygen atoms in total. The Morgan fingerprint density at radius 3 is 1.21 bits per heavy atom. The van der Waals surface area contributed by atoms with Crippen LogP contribution in [-0.2, 0) is 23.7 Å². The van der Waals surface area contributed by atoms with Gasteiger partial charge in [-0.3, -0.25) is 4.79 Å².